The maximum Gasteiger partial charge on any atom is 0.330 e. The summed E-state index contributed by atoms with van der Waals surface area (Å²) < 4.78 is 26.1. The van der Waals surface area contributed by atoms with Crippen LogP contribution in [0.5, 0.6) is 0 Å². The molecule has 1 aliphatic heterocycles. The summed E-state index contributed by atoms with van der Waals surface area (Å²) in [6.45, 7) is 3.35. The Morgan fingerprint density at radius 3 is 2.37 bits per heavy atom. The molecule has 1 aromatic carbocycles. The van der Waals surface area contributed by atoms with Gasteiger partial charge in [0.15, 0.2) is 0 Å². The van der Waals surface area contributed by atoms with E-state index in [-0.39, 0.29) is 17.5 Å². The minimum absolute atomic E-state index is 0.176. The van der Waals surface area contributed by atoms with Crippen LogP contribution in [-0.4, -0.2) is 54.1 Å². The molecule has 1 saturated heterocycles. The summed E-state index contributed by atoms with van der Waals surface area (Å²) in [7, 11) is -3.13. The van der Waals surface area contributed by atoms with Gasteiger partial charge in [-0.1, -0.05) is 0 Å². The van der Waals surface area contributed by atoms with Crippen LogP contribution in [0.1, 0.15) is 28.9 Å². The molecule has 0 radical (unpaired) electrons. The molecule has 1 aliphatic rings. The number of piperidine rings is 1. The average Bonchev–Trinajstić information content (AvgIpc) is 2.98. The molecule has 0 unspecified atom stereocenters. The van der Waals surface area contributed by atoms with Crippen LogP contribution >= 0.6 is 0 Å². The second-order valence-electron chi connectivity index (χ2n) is 6.93. The fourth-order valence-corrected chi connectivity index (χ4v) is 4.20. The number of benzene rings is 1. The number of hydrogen-bond acceptors (Lipinski definition) is 4. The van der Waals surface area contributed by atoms with Crippen molar-refractivity contribution in [3.05, 3.63) is 52.2 Å². The highest BCUT2D eigenvalue weighted by molar-refractivity contribution is 7.88. The monoisotopic (exact) mass is 392 g/mol. The van der Waals surface area contributed by atoms with E-state index in [2.05, 4.69) is 10.3 Å². The van der Waals surface area contributed by atoms with Gasteiger partial charge in [-0.2, -0.15) is 0 Å². The molecule has 0 spiro atoms. The van der Waals surface area contributed by atoms with Crippen LogP contribution in [0.3, 0.4) is 0 Å². The molecule has 1 fully saturated rings. The molecule has 2 heterocycles. The van der Waals surface area contributed by atoms with E-state index in [0.717, 1.165) is 18.5 Å². The van der Waals surface area contributed by atoms with Gasteiger partial charge in [0.05, 0.1) is 11.9 Å². The van der Waals surface area contributed by atoms with Crippen LogP contribution in [0.4, 0.5) is 0 Å². The molecule has 1 aromatic heterocycles. The van der Waals surface area contributed by atoms with Gasteiger partial charge in [-0.3, -0.25) is 9.36 Å². The number of H-pyrrole nitrogens is 1. The lowest BCUT2D eigenvalue weighted by Gasteiger charge is -2.30. The van der Waals surface area contributed by atoms with E-state index < -0.39 is 10.0 Å². The van der Waals surface area contributed by atoms with E-state index in [4.69, 9.17) is 0 Å². The molecule has 0 saturated carbocycles. The molecule has 9 heteroatoms. The van der Waals surface area contributed by atoms with Crippen LogP contribution in [-0.2, 0) is 10.0 Å². The first kappa shape index (κ1) is 19.4. The topological polar surface area (TPSA) is 104 Å². The van der Waals surface area contributed by atoms with Crippen molar-refractivity contribution in [3.63, 3.8) is 0 Å². The molecule has 8 nitrogen and oxygen atoms in total. The van der Waals surface area contributed by atoms with Crippen molar-refractivity contribution in [2.45, 2.75) is 19.8 Å². The average molecular weight is 392 g/mol. The van der Waals surface area contributed by atoms with Crippen molar-refractivity contribution in [2.75, 3.05) is 25.9 Å². The van der Waals surface area contributed by atoms with E-state index in [1.54, 1.807) is 30.5 Å². The van der Waals surface area contributed by atoms with Crippen molar-refractivity contribution >= 4 is 15.9 Å². The summed E-state index contributed by atoms with van der Waals surface area (Å²) in [5.74, 6) is 0.0949. The second-order valence-corrected chi connectivity index (χ2v) is 8.92. The minimum Gasteiger partial charge on any atom is -0.352 e. The van der Waals surface area contributed by atoms with Crippen molar-refractivity contribution in [2.24, 2.45) is 5.92 Å². The SMILES string of the molecule is Cc1c[nH]c(=O)n1-c1ccc(C(=O)NCC2CCN(S(C)(=O)=O)CC2)cc1. The summed E-state index contributed by atoms with van der Waals surface area (Å²) in [5.41, 5.74) is 1.79. The Labute approximate surface area is 158 Å². The lowest BCUT2D eigenvalue weighted by molar-refractivity contribution is 0.0941. The predicted molar refractivity (Wildman–Crippen MR) is 103 cm³/mol. The molecule has 0 aliphatic carbocycles. The summed E-state index contributed by atoms with van der Waals surface area (Å²) in [5, 5.41) is 2.92. The summed E-state index contributed by atoms with van der Waals surface area (Å²) in [6, 6.07) is 6.86. The summed E-state index contributed by atoms with van der Waals surface area (Å²) in [4.78, 5) is 26.8. The fraction of sp³-hybridized carbons (Fsp3) is 0.444. The minimum atomic E-state index is -3.13. The molecule has 146 valence electrons. The Kier molecular flexibility index (Phi) is 5.52. The molecule has 3 rings (SSSR count). The van der Waals surface area contributed by atoms with Gasteiger partial charge in [-0.05, 0) is 49.9 Å². The van der Waals surface area contributed by atoms with Gasteiger partial charge in [-0.15, -0.1) is 0 Å². The number of nitrogens with zero attached hydrogens (tertiary/aromatic N) is 2. The Morgan fingerprint density at radius 1 is 1.22 bits per heavy atom. The molecule has 27 heavy (non-hydrogen) atoms. The number of aryl methyl sites for hydroxylation is 1. The summed E-state index contributed by atoms with van der Waals surface area (Å²) in [6.07, 6.45) is 4.34. The van der Waals surface area contributed by atoms with E-state index in [1.165, 1.54) is 15.1 Å². The lowest BCUT2D eigenvalue weighted by atomic mass is 9.98. The van der Waals surface area contributed by atoms with Crippen LogP contribution in [0.15, 0.2) is 35.3 Å². The number of nitrogens with one attached hydrogen (secondary N) is 2. The number of hydrogen-bond donors (Lipinski definition) is 2. The van der Waals surface area contributed by atoms with Crippen molar-refractivity contribution in [1.29, 1.82) is 0 Å². The molecule has 2 N–H and O–H groups in total. The Bertz CT molecular complexity index is 968. The maximum atomic E-state index is 12.4. The molecule has 0 bridgehead atoms. The number of sulfonamides is 1. The fourth-order valence-electron chi connectivity index (χ4n) is 3.32. The normalized spacial score (nSPS) is 16.4. The first-order chi connectivity index (χ1) is 12.8. The van der Waals surface area contributed by atoms with Gasteiger partial charge in [0.2, 0.25) is 10.0 Å². The third-order valence-electron chi connectivity index (χ3n) is 4.94. The highest BCUT2D eigenvalue weighted by atomic mass is 32.2. The van der Waals surface area contributed by atoms with E-state index in [0.29, 0.717) is 30.9 Å². The largest absolute Gasteiger partial charge is 0.352 e. The number of aromatic amines is 1. The summed E-state index contributed by atoms with van der Waals surface area (Å²) >= 11 is 0. The van der Waals surface area contributed by atoms with Crippen molar-refractivity contribution < 1.29 is 13.2 Å². The number of amides is 1. The Hall–Kier alpha value is -2.39. The second kappa shape index (κ2) is 7.69. The maximum absolute atomic E-state index is 12.4. The van der Waals surface area contributed by atoms with E-state index in [1.807, 2.05) is 6.92 Å². The third kappa shape index (κ3) is 4.48. The Balaban J connectivity index is 1.56. The van der Waals surface area contributed by atoms with Gasteiger partial charge < -0.3 is 10.3 Å². The first-order valence-corrected chi connectivity index (χ1v) is 10.7. The Morgan fingerprint density at radius 2 is 1.85 bits per heavy atom. The molecular formula is C18H24N4O4S. The number of carbonyl (C=O) groups excluding carboxylic acids is 1. The highest BCUT2D eigenvalue weighted by Gasteiger charge is 2.25. The van der Waals surface area contributed by atoms with Gasteiger partial charge in [0, 0.05) is 37.1 Å². The van der Waals surface area contributed by atoms with Gasteiger partial charge >= 0.3 is 5.69 Å². The zero-order valence-corrected chi connectivity index (χ0v) is 16.3. The molecule has 0 atom stereocenters. The first-order valence-electron chi connectivity index (χ1n) is 8.86. The van der Waals surface area contributed by atoms with Crippen molar-refractivity contribution in [1.82, 2.24) is 19.2 Å². The van der Waals surface area contributed by atoms with Crippen LogP contribution in [0.2, 0.25) is 0 Å². The van der Waals surface area contributed by atoms with Gasteiger partial charge in [0.25, 0.3) is 5.91 Å². The van der Waals surface area contributed by atoms with Gasteiger partial charge in [-0.25, -0.2) is 17.5 Å². The molecule has 1 amide bonds. The number of aromatic nitrogens is 2. The zero-order chi connectivity index (χ0) is 19.6. The van der Waals surface area contributed by atoms with Crippen LogP contribution in [0, 0.1) is 12.8 Å². The van der Waals surface area contributed by atoms with E-state index >= 15 is 0 Å². The smallest absolute Gasteiger partial charge is 0.330 e. The number of carbonyl (C=O) groups is 1. The standard InChI is InChI=1S/C18H24N4O4S/c1-13-11-20-18(24)22(13)16-5-3-15(4-6-16)17(23)19-12-14-7-9-21(10-8-14)27(2,25)26/h3-6,11,14H,7-10,12H2,1-2H3,(H,19,23)(H,20,24). The lowest BCUT2D eigenvalue weighted by Crippen LogP contribution is -2.41. The molecular weight excluding hydrogens is 368 g/mol. The van der Waals surface area contributed by atoms with Gasteiger partial charge in [0.1, 0.15) is 0 Å². The van der Waals surface area contributed by atoms with Crippen LogP contribution < -0.4 is 11.0 Å². The molecule has 2 aromatic rings. The predicted octanol–water partition coefficient (Wildman–Crippen LogP) is 0.875. The highest BCUT2D eigenvalue weighted by Crippen LogP contribution is 2.18. The number of imidazole rings is 1. The van der Waals surface area contributed by atoms with Crippen molar-refractivity contribution in [3.8, 4) is 5.69 Å². The quantitative estimate of drug-likeness (QED) is 0.788. The van der Waals surface area contributed by atoms with Crippen LogP contribution in [0.25, 0.3) is 5.69 Å². The zero-order valence-electron chi connectivity index (χ0n) is 15.4. The van der Waals surface area contributed by atoms with E-state index in [9.17, 15) is 18.0 Å². The number of rotatable bonds is 5. The third-order valence-corrected chi connectivity index (χ3v) is 6.25.